The van der Waals surface area contributed by atoms with Crippen LogP contribution in [0.4, 0.5) is 0 Å². The second kappa shape index (κ2) is 9.17. The van der Waals surface area contributed by atoms with Crippen LogP contribution in [0, 0.1) is 0 Å². The molecule has 5 nitrogen and oxygen atoms in total. The maximum absolute atomic E-state index is 11.2. The van der Waals surface area contributed by atoms with Crippen molar-refractivity contribution in [3.63, 3.8) is 0 Å². The summed E-state index contributed by atoms with van der Waals surface area (Å²) in [6, 6.07) is 22.9. The average Bonchev–Trinajstić information content (AvgIpc) is 2.72. The number of aliphatic hydroxyl groups is 1. The summed E-state index contributed by atoms with van der Waals surface area (Å²) in [6.45, 7) is 0.279. The van der Waals surface area contributed by atoms with Gasteiger partial charge in [0.25, 0.3) is 0 Å². The maximum Gasteiger partial charge on any atom is 0.221 e. The number of para-hydroxylation sites is 1. The van der Waals surface area contributed by atoms with Gasteiger partial charge in [-0.25, -0.2) is 0 Å². The van der Waals surface area contributed by atoms with Crippen LogP contribution in [0.1, 0.15) is 22.7 Å². The molecule has 0 spiro atoms. The molecule has 0 fully saturated rings. The van der Waals surface area contributed by atoms with Gasteiger partial charge in [0.1, 0.15) is 12.4 Å². The van der Waals surface area contributed by atoms with Gasteiger partial charge in [-0.05, 0) is 40.5 Å². The first-order chi connectivity index (χ1) is 13.6. The van der Waals surface area contributed by atoms with E-state index in [0.29, 0.717) is 12.4 Å². The van der Waals surface area contributed by atoms with Gasteiger partial charge >= 0.3 is 0 Å². The Morgan fingerprint density at radius 2 is 1.68 bits per heavy atom. The van der Waals surface area contributed by atoms with E-state index in [0.717, 1.165) is 27.8 Å². The van der Waals surface area contributed by atoms with Crippen molar-refractivity contribution in [3.8, 4) is 16.9 Å². The van der Waals surface area contributed by atoms with E-state index in [-0.39, 0.29) is 18.9 Å². The van der Waals surface area contributed by atoms with Crippen LogP contribution in [0.3, 0.4) is 0 Å². The van der Waals surface area contributed by atoms with Crippen LogP contribution in [0.5, 0.6) is 5.75 Å². The number of hydrogen-bond acceptors (Lipinski definition) is 4. The van der Waals surface area contributed by atoms with Gasteiger partial charge in [0.2, 0.25) is 5.91 Å². The molecule has 1 amide bonds. The Hall–Kier alpha value is -3.15. The summed E-state index contributed by atoms with van der Waals surface area (Å²) in [7, 11) is 0. The summed E-state index contributed by atoms with van der Waals surface area (Å²) >= 11 is 0. The predicted molar refractivity (Wildman–Crippen MR) is 110 cm³/mol. The first kappa shape index (κ1) is 19.6. The highest BCUT2D eigenvalue weighted by Crippen LogP contribution is 2.25. The average molecular weight is 376 g/mol. The van der Waals surface area contributed by atoms with Crippen LogP contribution in [0.25, 0.3) is 11.1 Å². The SMILES string of the molecule is NC(=O)Cc1ccccc1OCc1cccc(-c2cccc([C@H](N)CO)c2)c1. The molecule has 0 radical (unpaired) electrons. The Morgan fingerprint density at radius 3 is 2.43 bits per heavy atom. The van der Waals surface area contributed by atoms with Crippen molar-refractivity contribution in [3.05, 3.63) is 89.5 Å². The van der Waals surface area contributed by atoms with E-state index >= 15 is 0 Å². The largest absolute Gasteiger partial charge is 0.489 e. The zero-order valence-corrected chi connectivity index (χ0v) is 15.5. The smallest absolute Gasteiger partial charge is 0.221 e. The molecule has 0 unspecified atom stereocenters. The molecule has 5 heteroatoms. The normalized spacial score (nSPS) is 11.8. The fourth-order valence-corrected chi connectivity index (χ4v) is 3.03. The Morgan fingerprint density at radius 1 is 0.964 bits per heavy atom. The van der Waals surface area contributed by atoms with Crippen LogP contribution in [0.2, 0.25) is 0 Å². The molecule has 0 bridgehead atoms. The second-order valence-electron chi connectivity index (χ2n) is 6.65. The van der Waals surface area contributed by atoms with Gasteiger partial charge < -0.3 is 21.3 Å². The van der Waals surface area contributed by atoms with Crippen molar-refractivity contribution in [2.24, 2.45) is 11.5 Å². The summed E-state index contributed by atoms with van der Waals surface area (Å²) in [5.74, 6) is 0.265. The number of rotatable bonds is 8. The van der Waals surface area contributed by atoms with Gasteiger partial charge in [-0.2, -0.15) is 0 Å². The van der Waals surface area contributed by atoms with E-state index in [2.05, 4.69) is 6.07 Å². The van der Waals surface area contributed by atoms with Crippen molar-refractivity contribution in [1.29, 1.82) is 0 Å². The molecular formula is C23H24N2O3. The molecule has 144 valence electrons. The van der Waals surface area contributed by atoms with Gasteiger partial charge in [0, 0.05) is 5.56 Å². The minimum absolute atomic E-state index is 0.0952. The standard InChI is InChI=1S/C23H24N2O3/c24-21(14-26)19-9-4-8-18(12-19)17-7-3-5-16(11-17)15-28-22-10-2-1-6-20(22)13-23(25)27/h1-12,21,26H,13-15,24H2,(H2,25,27)/t21-/m1/s1. The van der Waals surface area contributed by atoms with Gasteiger partial charge in [-0.15, -0.1) is 0 Å². The lowest BCUT2D eigenvalue weighted by Crippen LogP contribution is -2.14. The quantitative estimate of drug-likeness (QED) is 0.563. The van der Waals surface area contributed by atoms with Crippen LogP contribution >= 0.6 is 0 Å². The number of hydrogen-bond donors (Lipinski definition) is 3. The Labute approximate surface area is 164 Å². The van der Waals surface area contributed by atoms with Crippen molar-refractivity contribution in [1.82, 2.24) is 0 Å². The summed E-state index contributed by atoms with van der Waals surface area (Å²) in [4.78, 5) is 11.2. The monoisotopic (exact) mass is 376 g/mol. The third-order valence-corrected chi connectivity index (χ3v) is 4.50. The molecule has 0 aliphatic rings. The first-order valence-corrected chi connectivity index (χ1v) is 9.11. The molecule has 28 heavy (non-hydrogen) atoms. The molecule has 3 aromatic carbocycles. The Balaban J connectivity index is 1.77. The summed E-state index contributed by atoms with van der Waals surface area (Å²) in [6.07, 6.45) is 0.147. The number of ether oxygens (including phenoxy) is 1. The summed E-state index contributed by atoms with van der Waals surface area (Å²) < 4.78 is 5.93. The first-order valence-electron chi connectivity index (χ1n) is 9.11. The molecule has 0 aliphatic heterocycles. The minimum Gasteiger partial charge on any atom is -0.489 e. The molecule has 3 aromatic rings. The number of amides is 1. The molecule has 0 aromatic heterocycles. The van der Waals surface area contributed by atoms with E-state index < -0.39 is 6.04 Å². The number of carbonyl (C=O) groups excluding carboxylic acids is 1. The summed E-state index contributed by atoms with van der Waals surface area (Å²) in [5.41, 5.74) is 16.0. The van der Waals surface area contributed by atoms with Crippen molar-refractivity contribution >= 4 is 5.91 Å². The highest BCUT2D eigenvalue weighted by molar-refractivity contribution is 5.77. The molecule has 0 saturated carbocycles. The highest BCUT2D eigenvalue weighted by atomic mass is 16.5. The second-order valence-corrected chi connectivity index (χ2v) is 6.65. The number of nitrogens with two attached hydrogens (primary N) is 2. The topological polar surface area (TPSA) is 98.6 Å². The molecule has 0 saturated heterocycles. The molecule has 0 aliphatic carbocycles. The third kappa shape index (κ3) is 4.97. The predicted octanol–water partition coefficient (Wildman–Crippen LogP) is 2.95. The minimum atomic E-state index is -0.395. The lowest BCUT2D eigenvalue weighted by Gasteiger charge is -2.13. The third-order valence-electron chi connectivity index (χ3n) is 4.50. The van der Waals surface area contributed by atoms with E-state index in [1.165, 1.54) is 0 Å². The van der Waals surface area contributed by atoms with Crippen molar-refractivity contribution < 1.29 is 14.6 Å². The fourth-order valence-electron chi connectivity index (χ4n) is 3.03. The zero-order valence-electron chi connectivity index (χ0n) is 15.5. The molecular weight excluding hydrogens is 352 g/mol. The zero-order chi connectivity index (χ0) is 19.9. The number of aliphatic hydroxyl groups excluding tert-OH is 1. The molecule has 3 rings (SSSR count). The summed E-state index contributed by atoms with van der Waals surface area (Å²) in [5, 5.41) is 9.28. The van der Waals surface area contributed by atoms with Crippen LogP contribution in [-0.2, 0) is 17.8 Å². The van der Waals surface area contributed by atoms with Crippen LogP contribution < -0.4 is 16.2 Å². The highest BCUT2D eigenvalue weighted by Gasteiger charge is 2.08. The lowest BCUT2D eigenvalue weighted by molar-refractivity contribution is -0.117. The molecule has 1 atom stereocenters. The van der Waals surface area contributed by atoms with Crippen molar-refractivity contribution in [2.75, 3.05) is 6.61 Å². The molecule has 5 N–H and O–H groups in total. The van der Waals surface area contributed by atoms with E-state index in [4.69, 9.17) is 16.2 Å². The van der Waals surface area contributed by atoms with E-state index in [9.17, 15) is 9.90 Å². The Kier molecular flexibility index (Phi) is 6.42. The van der Waals surface area contributed by atoms with Crippen LogP contribution in [0.15, 0.2) is 72.8 Å². The van der Waals surface area contributed by atoms with Crippen LogP contribution in [-0.4, -0.2) is 17.6 Å². The van der Waals surface area contributed by atoms with Gasteiger partial charge in [-0.1, -0.05) is 54.6 Å². The number of primary amides is 1. The molecule has 0 heterocycles. The Bertz CT molecular complexity index is 956. The van der Waals surface area contributed by atoms with E-state index in [1.54, 1.807) is 0 Å². The number of benzene rings is 3. The van der Waals surface area contributed by atoms with Gasteiger partial charge in [-0.3, -0.25) is 4.79 Å². The lowest BCUT2D eigenvalue weighted by atomic mass is 9.99. The van der Waals surface area contributed by atoms with E-state index in [1.807, 2.05) is 66.7 Å². The fraction of sp³-hybridized carbons (Fsp3) is 0.174. The maximum atomic E-state index is 11.2. The van der Waals surface area contributed by atoms with Crippen molar-refractivity contribution in [2.45, 2.75) is 19.1 Å². The number of carbonyl (C=O) groups is 1. The van der Waals surface area contributed by atoms with Gasteiger partial charge in [0.05, 0.1) is 19.1 Å². The van der Waals surface area contributed by atoms with Gasteiger partial charge in [0.15, 0.2) is 0 Å².